The van der Waals surface area contributed by atoms with Gasteiger partial charge in [0.2, 0.25) is 0 Å². The molecule has 1 unspecified atom stereocenters. The summed E-state index contributed by atoms with van der Waals surface area (Å²) in [4.78, 5) is 4.00. The van der Waals surface area contributed by atoms with Gasteiger partial charge in [-0.25, -0.2) is 0 Å². The van der Waals surface area contributed by atoms with Gasteiger partial charge in [0.1, 0.15) is 0 Å². The van der Waals surface area contributed by atoms with Gasteiger partial charge in [-0.15, -0.1) is 0 Å². The van der Waals surface area contributed by atoms with E-state index in [2.05, 4.69) is 39.9 Å². The largest absolute Gasteiger partial charge is 0.319 e. The van der Waals surface area contributed by atoms with E-state index in [1.165, 1.54) is 0 Å². The van der Waals surface area contributed by atoms with Crippen molar-refractivity contribution in [3.05, 3.63) is 46.5 Å². The van der Waals surface area contributed by atoms with Crippen molar-refractivity contribution in [1.29, 1.82) is 0 Å². The molecule has 0 bridgehead atoms. The van der Waals surface area contributed by atoms with E-state index < -0.39 is 0 Å². The van der Waals surface area contributed by atoms with Crippen LogP contribution in [0.1, 0.15) is 37.2 Å². The van der Waals surface area contributed by atoms with Crippen molar-refractivity contribution in [2.75, 3.05) is 0 Å². The van der Waals surface area contributed by atoms with Gasteiger partial charge in [-0.1, -0.05) is 0 Å². The van der Waals surface area contributed by atoms with Crippen molar-refractivity contribution in [2.45, 2.75) is 25.9 Å². The van der Waals surface area contributed by atoms with E-state index in [4.69, 9.17) is 5.73 Å². The monoisotopic (exact) mass is 294 g/mol. The standard InChI is InChI=1S/C12H15BrN4/c1-8(2)17-12(10(13)7-16-17)11(14)9-3-5-15-6-4-9/h3-8,11H,14H2,1-2H3. The summed E-state index contributed by atoms with van der Waals surface area (Å²) in [7, 11) is 0. The second-order valence-electron chi connectivity index (χ2n) is 4.17. The molecule has 2 aromatic heterocycles. The maximum absolute atomic E-state index is 6.28. The van der Waals surface area contributed by atoms with Crippen LogP contribution in [-0.4, -0.2) is 14.8 Å². The van der Waals surface area contributed by atoms with Gasteiger partial charge in [-0.2, -0.15) is 5.10 Å². The van der Waals surface area contributed by atoms with Crippen LogP contribution >= 0.6 is 15.9 Å². The summed E-state index contributed by atoms with van der Waals surface area (Å²) in [5.41, 5.74) is 8.30. The third-order valence-electron chi connectivity index (χ3n) is 2.64. The van der Waals surface area contributed by atoms with Crippen LogP contribution in [0.15, 0.2) is 35.2 Å². The number of aromatic nitrogens is 3. The highest BCUT2D eigenvalue weighted by Crippen LogP contribution is 2.28. The van der Waals surface area contributed by atoms with E-state index in [0.29, 0.717) is 0 Å². The minimum atomic E-state index is -0.197. The van der Waals surface area contributed by atoms with Gasteiger partial charge < -0.3 is 5.73 Å². The first-order valence-corrected chi connectivity index (χ1v) is 6.29. The van der Waals surface area contributed by atoms with E-state index in [-0.39, 0.29) is 12.1 Å². The van der Waals surface area contributed by atoms with Gasteiger partial charge in [-0.3, -0.25) is 9.67 Å². The highest BCUT2D eigenvalue weighted by molar-refractivity contribution is 9.10. The summed E-state index contributed by atoms with van der Waals surface area (Å²) in [6.45, 7) is 4.17. The first kappa shape index (κ1) is 12.3. The minimum Gasteiger partial charge on any atom is -0.319 e. The molecule has 17 heavy (non-hydrogen) atoms. The van der Waals surface area contributed by atoms with E-state index >= 15 is 0 Å². The molecule has 1 atom stereocenters. The smallest absolute Gasteiger partial charge is 0.0742 e. The molecule has 0 aliphatic carbocycles. The maximum atomic E-state index is 6.28. The zero-order chi connectivity index (χ0) is 12.4. The Morgan fingerprint density at radius 3 is 2.53 bits per heavy atom. The fourth-order valence-corrected chi connectivity index (χ4v) is 2.30. The molecule has 0 aliphatic rings. The van der Waals surface area contributed by atoms with Gasteiger partial charge in [0, 0.05) is 18.4 Å². The third kappa shape index (κ3) is 2.40. The minimum absolute atomic E-state index is 0.197. The summed E-state index contributed by atoms with van der Waals surface area (Å²) in [6, 6.07) is 3.94. The first-order valence-electron chi connectivity index (χ1n) is 5.49. The quantitative estimate of drug-likeness (QED) is 0.947. The number of pyridine rings is 1. The van der Waals surface area contributed by atoms with Crippen molar-refractivity contribution in [1.82, 2.24) is 14.8 Å². The van der Waals surface area contributed by atoms with Crippen molar-refractivity contribution in [2.24, 2.45) is 5.73 Å². The average molecular weight is 295 g/mol. The molecule has 2 rings (SSSR count). The van der Waals surface area contributed by atoms with Crippen LogP contribution in [0.3, 0.4) is 0 Å². The number of hydrogen-bond donors (Lipinski definition) is 1. The molecule has 90 valence electrons. The average Bonchev–Trinajstić information content (AvgIpc) is 2.71. The summed E-state index contributed by atoms with van der Waals surface area (Å²) in [5.74, 6) is 0. The Bertz CT molecular complexity index is 492. The van der Waals surface area contributed by atoms with E-state index in [1.807, 2.05) is 16.8 Å². The molecular weight excluding hydrogens is 280 g/mol. The van der Waals surface area contributed by atoms with Gasteiger partial charge in [-0.05, 0) is 47.5 Å². The molecule has 2 N–H and O–H groups in total. The molecule has 5 heteroatoms. The Labute approximate surface area is 109 Å². The highest BCUT2D eigenvalue weighted by Gasteiger charge is 2.19. The number of rotatable bonds is 3. The predicted molar refractivity (Wildman–Crippen MR) is 70.6 cm³/mol. The van der Waals surface area contributed by atoms with Crippen LogP contribution in [0.5, 0.6) is 0 Å². The molecule has 4 nitrogen and oxygen atoms in total. The number of halogens is 1. The van der Waals surface area contributed by atoms with Crippen molar-refractivity contribution in [3.63, 3.8) is 0 Å². The Kier molecular flexibility index (Phi) is 3.59. The molecule has 0 spiro atoms. The molecule has 0 amide bonds. The van der Waals surface area contributed by atoms with Crippen molar-refractivity contribution in [3.8, 4) is 0 Å². The lowest BCUT2D eigenvalue weighted by molar-refractivity contribution is 0.498. The topological polar surface area (TPSA) is 56.7 Å². The van der Waals surface area contributed by atoms with Gasteiger partial charge in [0.05, 0.1) is 22.4 Å². The van der Waals surface area contributed by atoms with Gasteiger partial charge in [0.25, 0.3) is 0 Å². The lowest BCUT2D eigenvalue weighted by Gasteiger charge is -2.17. The maximum Gasteiger partial charge on any atom is 0.0742 e. The van der Waals surface area contributed by atoms with Crippen LogP contribution in [0.25, 0.3) is 0 Å². The van der Waals surface area contributed by atoms with E-state index in [9.17, 15) is 0 Å². The van der Waals surface area contributed by atoms with Crippen LogP contribution in [0.2, 0.25) is 0 Å². The molecule has 0 radical (unpaired) electrons. The Hall–Kier alpha value is -1.20. The molecule has 0 saturated heterocycles. The molecule has 2 heterocycles. The van der Waals surface area contributed by atoms with Crippen LogP contribution < -0.4 is 5.73 Å². The summed E-state index contributed by atoms with van der Waals surface area (Å²) < 4.78 is 2.88. The van der Waals surface area contributed by atoms with Crippen molar-refractivity contribution >= 4 is 15.9 Å². The summed E-state index contributed by atoms with van der Waals surface area (Å²) >= 11 is 3.50. The predicted octanol–water partition coefficient (Wildman–Crippen LogP) is 2.67. The molecule has 0 saturated carbocycles. The second kappa shape index (κ2) is 4.98. The fourth-order valence-electron chi connectivity index (χ4n) is 1.78. The van der Waals surface area contributed by atoms with E-state index in [0.717, 1.165) is 15.7 Å². The van der Waals surface area contributed by atoms with Crippen molar-refractivity contribution < 1.29 is 0 Å². The zero-order valence-electron chi connectivity index (χ0n) is 9.84. The molecular formula is C12H15BrN4. The second-order valence-corrected chi connectivity index (χ2v) is 5.03. The lowest BCUT2D eigenvalue weighted by atomic mass is 10.1. The fraction of sp³-hybridized carbons (Fsp3) is 0.333. The lowest BCUT2D eigenvalue weighted by Crippen LogP contribution is -2.19. The van der Waals surface area contributed by atoms with Crippen LogP contribution in [0.4, 0.5) is 0 Å². The molecule has 2 aromatic rings. The molecule has 0 aromatic carbocycles. The van der Waals surface area contributed by atoms with Gasteiger partial charge in [0.15, 0.2) is 0 Å². The molecule has 0 fully saturated rings. The summed E-state index contributed by atoms with van der Waals surface area (Å²) in [6.07, 6.45) is 5.29. The van der Waals surface area contributed by atoms with Gasteiger partial charge >= 0.3 is 0 Å². The van der Waals surface area contributed by atoms with Crippen LogP contribution in [-0.2, 0) is 0 Å². The molecule has 0 aliphatic heterocycles. The zero-order valence-corrected chi connectivity index (χ0v) is 11.4. The Morgan fingerprint density at radius 2 is 1.94 bits per heavy atom. The first-order chi connectivity index (χ1) is 8.11. The normalized spacial score (nSPS) is 13.0. The Balaban J connectivity index is 2.43. The number of nitrogens with zero attached hydrogens (tertiary/aromatic N) is 3. The third-order valence-corrected chi connectivity index (χ3v) is 3.25. The summed E-state index contributed by atoms with van der Waals surface area (Å²) in [5, 5.41) is 4.34. The Morgan fingerprint density at radius 1 is 1.29 bits per heavy atom. The highest BCUT2D eigenvalue weighted by atomic mass is 79.9. The number of nitrogens with two attached hydrogens (primary N) is 1. The number of hydrogen-bond acceptors (Lipinski definition) is 3. The van der Waals surface area contributed by atoms with E-state index in [1.54, 1.807) is 18.6 Å². The SMILES string of the molecule is CC(C)n1ncc(Br)c1C(N)c1ccncc1. The van der Waals surface area contributed by atoms with Crippen LogP contribution in [0, 0.1) is 0 Å².